The lowest BCUT2D eigenvalue weighted by atomic mass is 9.75. The van der Waals surface area contributed by atoms with Crippen molar-refractivity contribution in [1.82, 2.24) is 25.0 Å². The van der Waals surface area contributed by atoms with E-state index in [1.54, 1.807) is 38.1 Å². The molecule has 0 unspecified atom stereocenters. The first-order chi connectivity index (χ1) is 22.4. The van der Waals surface area contributed by atoms with E-state index in [1.165, 1.54) is 23.1 Å². The monoisotopic (exact) mass is 754 g/mol. The van der Waals surface area contributed by atoms with Crippen LogP contribution in [-0.4, -0.2) is 44.3 Å². The summed E-state index contributed by atoms with van der Waals surface area (Å²) in [5.41, 5.74) is -4.10. The van der Waals surface area contributed by atoms with Gasteiger partial charge in [-0.15, -0.1) is 0 Å². The van der Waals surface area contributed by atoms with Gasteiger partial charge in [0.25, 0.3) is 12.3 Å². The highest BCUT2D eigenvalue weighted by Gasteiger charge is 2.64. The molecule has 1 aliphatic carbocycles. The maximum Gasteiger partial charge on any atom is 0.395 e. The zero-order chi connectivity index (χ0) is 35.2. The smallest absolute Gasteiger partial charge is 0.395 e. The Morgan fingerprint density at radius 2 is 1.88 bits per heavy atom. The molecule has 1 aromatic heterocycles. The predicted octanol–water partition coefficient (Wildman–Crippen LogP) is 7.68. The Hall–Kier alpha value is -4.03. The Morgan fingerprint density at radius 3 is 2.46 bits per heavy atom. The minimum Gasteiger partial charge on any atom is -0.463 e. The van der Waals surface area contributed by atoms with Crippen LogP contribution >= 0.6 is 27.5 Å². The van der Waals surface area contributed by atoms with E-state index in [1.807, 2.05) is 0 Å². The lowest BCUT2D eigenvalue weighted by Crippen LogP contribution is -2.47. The van der Waals surface area contributed by atoms with Crippen molar-refractivity contribution in [1.29, 1.82) is 5.26 Å². The van der Waals surface area contributed by atoms with Crippen molar-refractivity contribution in [2.45, 2.75) is 63.7 Å². The molecule has 5 rings (SSSR count). The Kier molecular flexibility index (Phi) is 9.39. The minimum atomic E-state index is -4.60. The fraction of sp³-hybridized carbons (Fsp3) is 0.406. The van der Waals surface area contributed by atoms with Crippen molar-refractivity contribution in [3.63, 3.8) is 0 Å². The van der Waals surface area contributed by atoms with Gasteiger partial charge in [0, 0.05) is 10.9 Å². The van der Waals surface area contributed by atoms with E-state index in [9.17, 15) is 36.8 Å². The molecule has 2 aromatic carbocycles. The maximum atomic E-state index is 14.7. The Balaban J connectivity index is 1.59. The van der Waals surface area contributed by atoms with Gasteiger partial charge in [-0.3, -0.25) is 14.5 Å². The molecular formula is C32H29BrClF5N6O3. The predicted molar refractivity (Wildman–Crippen MR) is 166 cm³/mol. The summed E-state index contributed by atoms with van der Waals surface area (Å²) < 4.78 is 75.4. The summed E-state index contributed by atoms with van der Waals surface area (Å²) in [6.07, 6.45) is -8.07. The number of hydrogen-bond donors (Lipinski definition) is 1. The number of nitrogens with one attached hydrogen (secondary N) is 1. The lowest BCUT2D eigenvalue weighted by molar-refractivity contribution is -0.195. The number of alkyl halides is 5. The van der Waals surface area contributed by atoms with Gasteiger partial charge in [-0.1, -0.05) is 52.3 Å². The van der Waals surface area contributed by atoms with Gasteiger partial charge in [0.05, 0.1) is 40.1 Å². The third kappa shape index (κ3) is 6.64. The molecule has 48 heavy (non-hydrogen) atoms. The van der Waals surface area contributed by atoms with Crippen molar-refractivity contribution in [3.8, 4) is 11.8 Å². The van der Waals surface area contributed by atoms with Crippen LogP contribution in [0, 0.1) is 22.2 Å². The second-order valence-electron chi connectivity index (χ2n) is 12.5. The Bertz CT molecular complexity index is 1790. The standard InChI is InChI=1S/C32H29BrClF5N6O3/c1-18-43-31(15-29(2,3)16-40,20-5-7-21(33)8-6-20)28(47)44(18)24(14-48-25(46)13-30(10-11-30)32(37,38)39)19-4-9-22(34)23(12-19)45-27(26(35)36)41-17-42-45/h4-9,12,17,24,26,43H,1,10-11,13-15H2,2-3H3/t24-,31-/m1/s1. The number of esters is 1. The lowest BCUT2D eigenvalue weighted by Gasteiger charge is -2.34. The van der Waals surface area contributed by atoms with Gasteiger partial charge in [0.2, 0.25) is 0 Å². The van der Waals surface area contributed by atoms with Crippen molar-refractivity contribution in [2.75, 3.05) is 6.61 Å². The quantitative estimate of drug-likeness (QED) is 0.158. The summed E-state index contributed by atoms with van der Waals surface area (Å²) in [6, 6.07) is 12.0. The molecule has 9 nitrogen and oxygen atoms in total. The summed E-state index contributed by atoms with van der Waals surface area (Å²) in [5.74, 6) is -2.40. The molecule has 0 bridgehead atoms. The molecule has 0 spiro atoms. The number of nitriles is 1. The summed E-state index contributed by atoms with van der Waals surface area (Å²) >= 11 is 9.77. The molecule has 2 aliphatic rings. The van der Waals surface area contributed by atoms with E-state index in [-0.39, 0.29) is 41.4 Å². The molecule has 1 N–H and O–H groups in total. The van der Waals surface area contributed by atoms with Crippen LogP contribution < -0.4 is 5.32 Å². The van der Waals surface area contributed by atoms with Gasteiger partial charge >= 0.3 is 12.1 Å². The maximum absolute atomic E-state index is 14.7. The van der Waals surface area contributed by atoms with E-state index in [2.05, 4.69) is 44.0 Å². The Labute approximate surface area is 285 Å². The molecule has 3 aromatic rings. The average molecular weight is 756 g/mol. The van der Waals surface area contributed by atoms with Gasteiger partial charge in [-0.05, 0) is 62.1 Å². The second-order valence-corrected chi connectivity index (χ2v) is 13.8. The SMILES string of the molecule is C=C1N[C@](CC(C)(C)C#N)(c2ccc(Br)cc2)C(=O)N1[C@H](COC(=O)CC1(C(F)(F)F)CC1)c1ccc(Cl)c(-n2ncnc2C(F)F)c1. The number of carbonyl (C=O) groups is 2. The molecule has 1 saturated carbocycles. The van der Waals surface area contributed by atoms with Crippen LogP contribution in [0.25, 0.3) is 5.69 Å². The highest BCUT2D eigenvalue weighted by Crippen LogP contribution is 2.60. The number of nitrogens with zero attached hydrogens (tertiary/aromatic N) is 5. The molecule has 1 amide bonds. The molecule has 1 saturated heterocycles. The normalized spacial score (nSPS) is 19.6. The van der Waals surface area contributed by atoms with Crippen LogP contribution in [0.3, 0.4) is 0 Å². The van der Waals surface area contributed by atoms with E-state index in [0.29, 0.717) is 5.56 Å². The number of carbonyl (C=O) groups excluding carboxylic acids is 2. The van der Waals surface area contributed by atoms with Gasteiger partial charge in [0.15, 0.2) is 5.82 Å². The van der Waals surface area contributed by atoms with Crippen molar-refractivity contribution in [2.24, 2.45) is 10.8 Å². The van der Waals surface area contributed by atoms with Gasteiger partial charge < -0.3 is 10.1 Å². The van der Waals surface area contributed by atoms with Crippen LogP contribution in [0.5, 0.6) is 0 Å². The summed E-state index contributed by atoms with van der Waals surface area (Å²) in [7, 11) is 0. The zero-order valence-electron chi connectivity index (χ0n) is 25.6. The van der Waals surface area contributed by atoms with Gasteiger partial charge in [0.1, 0.15) is 24.3 Å². The molecular weight excluding hydrogens is 727 g/mol. The molecule has 1 aliphatic heterocycles. The third-order valence-electron chi connectivity index (χ3n) is 8.58. The van der Waals surface area contributed by atoms with E-state index >= 15 is 0 Å². The van der Waals surface area contributed by atoms with E-state index in [0.717, 1.165) is 15.5 Å². The topological polar surface area (TPSA) is 113 Å². The van der Waals surface area contributed by atoms with Crippen molar-refractivity contribution >= 4 is 39.4 Å². The fourth-order valence-corrected chi connectivity index (χ4v) is 6.35. The van der Waals surface area contributed by atoms with Crippen molar-refractivity contribution in [3.05, 3.63) is 87.6 Å². The molecule has 16 heteroatoms. The van der Waals surface area contributed by atoms with E-state index in [4.69, 9.17) is 16.3 Å². The van der Waals surface area contributed by atoms with Crippen LogP contribution in [0.1, 0.15) is 68.9 Å². The van der Waals surface area contributed by atoms with Crippen LogP contribution in [0.4, 0.5) is 22.0 Å². The van der Waals surface area contributed by atoms with Gasteiger partial charge in [-0.25, -0.2) is 18.4 Å². The molecule has 2 atom stereocenters. The molecule has 254 valence electrons. The molecule has 2 fully saturated rings. The summed E-state index contributed by atoms with van der Waals surface area (Å²) in [6.45, 7) is 6.73. The first kappa shape index (κ1) is 35.3. The third-order valence-corrected chi connectivity index (χ3v) is 9.43. The zero-order valence-corrected chi connectivity index (χ0v) is 28.0. The van der Waals surface area contributed by atoms with Gasteiger partial charge in [-0.2, -0.15) is 23.5 Å². The summed E-state index contributed by atoms with van der Waals surface area (Å²) in [5, 5.41) is 16.9. The highest BCUT2D eigenvalue weighted by atomic mass is 79.9. The number of amides is 1. The van der Waals surface area contributed by atoms with Crippen LogP contribution in [0.15, 0.2) is 65.7 Å². The first-order valence-corrected chi connectivity index (χ1v) is 15.8. The van der Waals surface area contributed by atoms with Crippen LogP contribution in [-0.2, 0) is 19.9 Å². The fourth-order valence-electron chi connectivity index (χ4n) is 5.89. The molecule has 2 heterocycles. The number of ether oxygens (including phenoxy) is 1. The minimum absolute atomic E-state index is 0.00701. The molecule has 0 radical (unpaired) electrons. The largest absolute Gasteiger partial charge is 0.463 e. The van der Waals surface area contributed by atoms with E-state index < -0.39 is 65.7 Å². The number of rotatable bonds is 11. The summed E-state index contributed by atoms with van der Waals surface area (Å²) in [4.78, 5) is 32.4. The van der Waals surface area contributed by atoms with Crippen LogP contribution in [0.2, 0.25) is 5.02 Å². The first-order valence-electron chi connectivity index (χ1n) is 14.6. The average Bonchev–Trinajstić information content (AvgIpc) is 3.56. The number of benzene rings is 2. The highest BCUT2D eigenvalue weighted by molar-refractivity contribution is 9.10. The number of aromatic nitrogens is 3. The second kappa shape index (κ2) is 12.8. The number of halogens is 7. The number of hydrogen-bond acceptors (Lipinski definition) is 7. The van der Waals surface area contributed by atoms with Crippen molar-refractivity contribution < 1.29 is 36.3 Å². The Morgan fingerprint density at radius 1 is 1.21 bits per heavy atom.